The number of aryl methyl sites for hydroxylation is 1. The van der Waals surface area contributed by atoms with Crippen molar-refractivity contribution in [2.24, 2.45) is 0 Å². The molecular weight excluding hydrogens is 402 g/mol. The molecule has 0 saturated heterocycles. The minimum Gasteiger partial charge on any atom is -0.496 e. The number of methoxy groups -OCH3 is 1. The lowest BCUT2D eigenvalue weighted by Crippen LogP contribution is -2.11. The van der Waals surface area contributed by atoms with Gasteiger partial charge in [-0.3, -0.25) is 14.0 Å². The van der Waals surface area contributed by atoms with Crippen molar-refractivity contribution in [3.05, 3.63) is 46.8 Å². The molecule has 0 fully saturated rings. The zero-order valence-corrected chi connectivity index (χ0v) is 18.5. The fraction of sp³-hybridized carbons (Fsp3) is 0.409. The largest absolute Gasteiger partial charge is 0.496 e. The first-order valence-corrected chi connectivity index (χ1v) is 11.3. The molecule has 2 atom stereocenters. The van der Waals surface area contributed by atoms with Gasteiger partial charge in [-0.25, -0.2) is 4.98 Å². The van der Waals surface area contributed by atoms with E-state index in [0.29, 0.717) is 28.3 Å². The summed E-state index contributed by atoms with van der Waals surface area (Å²) in [7, 11) is 0.183. The molecule has 3 rings (SSSR count). The molecule has 30 heavy (non-hydrogen) atoms. The molecule has 2 unspecified atom stereocenters. The van der Waals surface area contributed by atoms with Gasteiger partial charge in [-0.2, -0.15) is 0 Å². The molecule has 0 amide bonds. The molecule has 2 N–H and O–H groups in total. The lowest BCUT2D eigenvalue weighted by molar-refractivity contribution is -0.139. The zero-order chi connectivity index (χ0) is 21.8. The fourth-order valence-corrected chi connectivity index (χ4v) is 4.68. The molecule has 0 bridgehead atoms. The minimum absolute atomic E-state index is 0.212. The first-order valence-electron chi connectivity index (χ1n) is 9.95. The number of benzene rings is 1. The van der Waals surface area contributed by atoms with Gasteiger partial charge in [-0.1, -0.05) is 25.8 Å². The molecule has 8 heteroatoms. The number of aliphatic carboxylic acids is 1. The quantitative estimate of drug-likeness (QED) is 0.527. The molecule has 0 aliphatic heterocycles. The van der Waals surface area contributed by atoms with Gasteiger partial charge in [0.1, 0.15) is 5.75 Å². The van der Waals surface area contributed by atoms with Crippen molar-refractivity contribution in [1.82, 2.24) is 15.0 Å². The summed E-state index contributed by atoms with van der Waals surface area (Å²) >= 11 is 0. The van der Waals surface area contributed by atoms with E-state index in [1.165, 1.54) is 0 Å². The monoisotopic (exact) mass is 429 g/mol. The van der Waals surface area contributed by atoms with E-state index < -0.39 is 22.7 Å². The lowest BCUT2D eigenvalue weighted by atomic mass is 9.93. The van der Waals surface area contributed by atoms with Gasteiger partial charge < -0.3 is 14.8 Å². The first-order chi connectivity index (χ1) is 14.3. The third-order valence-electron chi connectivity index (χ3n) is 5.26. The number of aromatic amines is 1. The highest BCUT2D eigenvalue weighted by Crippen LogP contribution is 2.28. The molecule has 2 aromatic heterocycles. The Morgan fingerprint density at radius 1 is 1.33 bits per heavy atom. The Hall–Kier alpha value is -2.74. The van der Waals surface area contributed by atoms with Crippen LogP contribution in [-0.4, -0.2) is 37.3 Å². The molecule has 0 saturated carbocycles. The van der Waals surface area contributed by atoms with Crippen molar-refractivity contribution in [2.75, 3.05) is 7.11 Å². The Labute approximate surface area is 178 Å². The van der Waals surface area contributed by atoms with Gasteiger partial charge in [0.15, 0.2) is 5.16 Å². The number of carbonyl (C=O) groups is 1. The Bertz CT molecular complexity index is 1090. The zero-order valence-electron chi connectivity index (χ0n) is 17.7. The number of H-pyrrole nitrogens is 1. The Kier molecular flexibility index (Phi) is 6.87. The smallest absolute Gasteiger partial charge is 0.310 e. The number of aromatic nitrogens is 3. The molecule has 0 aliphatic carbocycles. The molecule has 3 aromatic rings. The van der Waals surface area contributed by atoms with Crippen LogP contribution in [0.3, 0.4) is 0 Å². The van der Waals surface area contributed by atoms with Crippen LogP contribution in [0.15, 0.2) is 29.6 Å². The first kappa shape index (κ1) is 22.0. The maximum Gasteiger partial charge on any atom is 0.310 e. The molecule has 0 aliphatic rings. The van der Waals surface area contributed by atoms with Crippen LogP contribution in [-0.2, 0) is 21.3 Å². The summed E-state index contributed by atoms with van der Waals surface area (Å²) in [6.45, 7) is 5.86. The average Bonchev–Trinajstić information content (AvgIpc) is 3.14. The van der Waals surface area contributed by atoms with Crippen LogP contribution in [0.5, 0.6) is 5.75 Å². The molecule has 7 nitrogen and oxygen atoms in total. The number of nitrogens with zero attached hydrogens (tertiary/aromatic N) is 2. The van der Waals surface area contributed by atoms with Crippen LogP contribution < -0.4 is 4.74 Å². The Balaban J connectivity index is 1.87. The summed E-state index contributed by atoms with van der Waals surface area (Å²) in [4.78, 5) is 23.6. The standard InChI is InChI=1S/C22H27N3O4S/c1-5-6-7-16(21(26)27)15-8-9-17-18(10-15)25-22(24-17)30(28)12-19-14(3)20(29-4)13(2)11-23-19/h8-11,16H,5-7,12H2,1-4H3,(H,24,25)(H,26,27). The van der Waals surface area contributed by atoms with Crippen LogP contribution in [0, 0.1) is 13.8 Å². The van der Waals surface area contributed by atoms with Crippen LogP contribution in [0.25, 0.3) is 11.0 Å². The van der Waals surface area contributed by atoms with Crippen molar-refractivity contribution in [1.29, 1.82) is 0 Å². The Morgan fingerprint density at radius 3 is 2.77 bits per heavy atom. The number of imidazole rings is 1. The molecule has 160 valence electrons. The van der Waals surface area contributed by atoms with E-state index in [1.54, 1.807) is 31.5 Å². The number of rotatable bonds is 9. The highest BCUT2D eigenvalue weighted by molar-refractivity contribution is 7.84. The van der Waals surface area contributed by atoms with E-state index in [2.05, 4.69) is 15.0 Å². The molecular formula is C22H27N3O4S. The van der Waals surface area contributed by atoms with Gasteiger partial charge in [0.05, 0.1) is 46.3 Å². The Morgan fingerprint density at radius 2 is 2.10 bits per heavy atom. The van der Waals surface area contributed by atoms with Crippen molar-refractivity contribution in [2.45, 2.75) is 56.9 Å². The molecule has 0 radical (unpaired) electrons. The lowest BCUT2D eigenvalue weighted by Gasteiger charge is -2.12. The van der Waals surface area contributed by atoms with E-state index in [9.17, 15) is 14.1 Å². The summed E-state index contributed by atoms with van der Waals surface area (Å²) in [6.07, 6.45) is 4.09. The highest BCUT2D eigenvalue weighted by atomic mass is 32.2. The van der Waals surface area contributed by atoms with Gasteiger partial charge in [0, 0.05) is 17.3 Å². The van der Waals surface area contributed by atoms with E-state index in [0.717, 1.165) is 35.3 Å². The van der Waals surface area contributed by atoms with Gasteiger partial charge in [0.25, 0.3) is 0 Å². The van der Waals surface area contributed by atoms with E-state index in [-0.39, 0.29) is 5.75 Å². The van der Waals surface area contributed by atoms with Crippen LogP contribution in [0.1, 0.15) is 54.5 Å². The number of carboxylic acids is 1. The normalized spacial score (nSPS) is 13.3. The topological polar surface area (TPSA) is 105 Å². The second-order valence-corrected chi connectivity index (χ2v) is 8.75. The maximum atomic E-state index is 12.9. The van der Waals surface area contributed by atoms with Gasteiger partial charge in [-0.15, -0.1) is 0 Å². The SMILES string of the molecule is CCCCC(C(=O)O)c1ccc2nc(S(=O)Cc3ncc(C)c(OC)c3C)[nH]c2c1. The molecule has 0 spiro atoms. The van der Waals surface area contributed by atoms with Gasteiger partial charge in [-0.05, 0) is 38.0 Å². The van der Waals surface area contributed by atoms with Gasteiger partial charge >= 0.3 is 5.97 Å². The highest BCUT2D eigenvalue weighted by Gasteiger charge is 2.21. The maximum absolute atomic E-state index is 12.9. The van der Waals surface area contributed by atoms with E-state index >= 15 is 0 Å². The van der Waals surface area contributed by atoms with E-state index in [4.69, 9.17) is 4.74 Å². The number of nitrogens with one attached hydrogen (secondary N) is 1. The van der Waals surface area contributed by atoms with Crippen molar-refractivity contribution < 1.29 is 18.8 Å². The summed E-state index contributed by atoms with van der Waals surface area (Å²) in [5, 5.41) is 9.93. The molecule has 2 heterocycles. The van der Waals surface area contributed by atoms with Crippen LogP contribution in [0.4, 0.5) is 0 Å². The number of ether oxygens (including phenoxy) is 1. The average molecular weight is 430 g/mol. The summed E-state index contributed by atoms with van der Waals surface area (Å²) in [5.74, 6) is -0.430. The van der Waals surface area contributed by atoms with Crippen molar-refractivity contribution in [3.63, 3.8) is 0 Å². The predicted octanol–water partition coefficient (Wildman–Crippen LogP) is 4.25. The summed E-state index contributed by atoms with van der Waals surface area (Å²) in [6, 6.07) is 5.37. The minimum atomic E-state index is -1.43. The summed E-state index contributed by atoms with van der Waals surface area (Å²) < 4.78 is 18.4. The van der Waals surface area contributed by atoms with Crippen molar-refractivity contribution in [3.8, 4) is 5.75 Å². The third kappa shape index (κ3) is 4.53. The number of hydrogen-bond acceptors (Lipinski definition) is 5. The molecule has 1 aromatic carbocycles. The number of carboxylic acid groups (broad SMARTS) is 1. The van der Waals surface area contributed by atoms with E-state index in [1.807, 2.05) is 20.8 Å². The number of unbranched alkanes of at least 4 members (excludes halogenated alkanes) is 1. The predicted molar refractivity (Wildman–Crippen MR) is 116 cm³/mol. The number of fused-ring (bicyclic) bond motifs is 1. The fourth-order valence-electron chi connectivity index (χ4n) is 3.58. The van der Waals surface area contributed by atoms with Gasteiger partial charge in [0.2, 0.25) is 0 Å². The van der Waals surface area contributed by atoms with Crippen LogP contribution >= 0.6 is 0 Å². The number of hydrogen-bond donors (Lipinski definition) is 2. The third-order valence-corrected chi connectivity index (χ3v) is 6.42. The second-order valence-electron chi connectivity index (χ2n) is 7.39. The number of pyridine rings is 1. The van der Waals surface area contributed by atoms with Crippen LogP contribution in [0.2, 0.25) is 0 Å². The summed E-state index contributed by atoms with van der Waals surface area (Å²) in [5.41, 5.74) is 4.56. The second kappa shape index (κ2) is 9.38. The van der Waals surface area contributed by atoms with Crippen molar-refractivity contribution >= 4 is 27.8 Å².